The fourth-order valence-corrected chi connectivity index (χ4v) is 6.36. The molecule has 2 heterocycles. The highest BCUT2D eigenvalue weighted by molar-refractivity contribution is 6.17. The van der Waals surface area contributed by atoms with Gasteiger partial charge in [0.2, 0.25) is 0 Å². The van der Waals surface area contributed by atoms with Crippen LogP contribution in [0, 0.1) is 10.8 Å². The molecule has 0 radical (unpaired) electrons. The number of fused-ring (bicyclic) bond motifs is 4. The van der Waals surface area contributed by atoms with Crippen molar-refractivity contribution in [2.24, 2.45) is 10.8 Å². The number of pyridine rings is 1. The van der Waals surface area contributed by atoms with Crippen molar-refractivity contribution >= 4 is 32.7 Å². The molecule has 36 heavy (non-hydrogen) atoms. The van der Waals surface area contributed by atoms with E-state index in [1.165, 1.54) is 49.4 Å². The molecule has 0 bridgehead atoms. The Bertz CT molecular complexity index is 1670. The summed E-state index contributed by atoms with van der Waals surface area (Å²) in [5.41, 5.74) is 9.70. The number of nitrogens with zero attached hydrogens (tertiary/aromatic N) is 1. The van der Waals surface area contributed by atoms with Gasteiger partial charge in [-0.25, -0.2) is 0 Å². The second kappa shape index (κ2) is 7.44. The van der Waals surface area contributed by atoms with Crippen LogP contribution in [0.2, 0.25) is 0 Å². The summed E-state index contributed by atoms with van der Waals surface area (Å²) in [6.45, 7) is 18.5. The van der Waals surface area contributed by atoms with Crippen LogP contribution in [-0.2, 0) is 18.3 Å². The molecule has 1 aliphatic rings. The van der Waals surface area contributed by atoms with E-state index < -0.39 is 0 Å². The highest BCUT2D eigenvalue weighted by Gasteiger charge is 2.37. The van der Waals surface area contributed by atoms with Crippen LogP contribution in [0.15, 0.2) is 59.1 Å². The lowest BCUT2D eigenvalue weighted by atomic mass is 9.74. The van der Waals surface area contributed by atoms with E-state index in [1.807, 2.05) is 6.20 Å². The fourth-order valence-electron chi connectivity index (χ4n) is 6.36. The molecule has 0 N–H and O–H groups in total. The summed E-state index contributed by atoms with van der Waals surface area (Å²) in [7, 11) is 0. The summed E-state index contributed by atoms with van der Waals surface area (Å²) < 4.78 is 6.93. The molecule has 2 aromatic heterocycles. The SMILES string of the molecule is CC(C)(C)Cc1ccc2c3c1oc1c(CC(C)(C)C)ccc(c13)C(C)(C)c1c-2ncc2ccccc12. The zero-order valence-electron chi connectivity index (χ0n) is 23.0. The monoisotopic (exact) mass is 475 g/mol. The lowest BCUT2D eigenvalue weighted by molar-refractivity contribution is 0.408. The van der Waals surface area contributed by atoms with Crippen LogP contribution in [-0.4, -0.2) is 4.98 Å². The summed E-state index contributed by atoms with van der Waals surface area (Å²) in [5.74, 6) is 0. The molecule has 1 aliphatic carbocycles. The molecule has 0 amide bonds. The van der Waals surface area contributed by atoms with E-state index in [-0.39, 0.29) is 16.2 Å². The molecular weight excluding hydrogens is 438 g/mol. The number of hydrogen-bond donors (Lipinski definition) is 0. The predicted molar refractivity (Wildman–Crippen MR) is 153 cm³/mol. The Balaban J connectivity index is 1.81. The van der Waals surface area contributed by atoms with Crippen molar-refractivity contribution in [3.05, 3.63) is 77.0 Å². The van der Waals surface area contributed by atoms with E-state index in [2.05, 4.69) is 104 Å². The van der Waals surface area contributed by atoms with Gasteiger partial charge in [-0.3, -0.25) is 4.98 Å². The number of aromatic nitrogens is 1. The first kappa shape index (κ1) is 23.3. The highest BCUT2D eigenvalue weighted by atomic mass is 16.3. The molecule has 0 atom stereocenters. The second-order valence-electron chi connectivity index (χ2n) is 13.7. The molecule has 0 fully saturated rings. The van der Waals surface area contributed by atoms with Crippen molar-refractivity contribution in [3.8, 4) is 11.3 Å². The smallest absolute Gasteiger partial charge is 0.139 e. The number of furan rings is 1. The van der Waals surface area contributed by atoms with Gasteiger partial charge in [0, 0.05) is 33.3 Å². The number of benzene rings is 3. The topological polar surface area (TPSA) is 26.0 Å². The van der Waals surface area contributed by atoms with Gasteiger partial charge in [0.25, 0.3) is 0 Å². The predicted octanol–water partition coefficient (Wildman–Crippen LogP) is 9.62. The molecule has 0 spiro atoms. The number of hydrogen-bond acceptors (Lipinski definition) is 2. The minimum Gasteiger partial charge on any atom is -0.455 e. The van der Waals surface area contributed by atoms with Gasteiger partial charge in [-0.05, 0) is 51.3 Å². The highest BCUT2D eigenvalue weighted by Crippen LogP contribution is 2.52. The zero-order chi connectivity index (χ0) is 25.6. The number of rotatable bonds is 2. The van der Waals surface area contributed by atoms with Crippen LogP contribution in [0.5, 0.6) is 0 Å². The summed E-state index contributed by atoms with van der Waals surface area (Å²) in [6, 6.07) is 18.0. The van der Waals surface area contributed by atoms with Gasteiger partial charge in [-0.1, -0.05) is 104 Å². The van der Waals surface area contributed by atoms with E-state index in [1.54, 1.807) is 0 Å². The molecule has 2 nitrogen and oxygen atoms in total. The molecule has 6 rings (SSSR count). The first-order valence-electron chi connectivity index (χ1n) is 13.2. The largest absolute Gasteiger partial charge is 0.455 e. The molecule has 0 saturated carbocycles. The zero-order valence-corrected chi connectivity index (χ0v) is 23.0. The average Bonchev–Trinajstić information content (AvgIpc) is 3.15. The maximum absolute atomic E-state index is 6.93. The quantitative estimate of drug-likeness (QED) is 0.254. The Kier molecular flexibility index (Phi) is 4.81. The van der Waals surface area contributed by atoms with Gasteiger partial charge in [0.15, 0.2) is 0 Å². The van der Waals surface area contributed by atoms with Crippen molar-refractivity contribution in [1.82, 2.24) is 4.98 Å². The molecule has 184 valence electrons. The van der Waals surface area contributed by atoms with Gasteiger partial charge < -0.3 is 4.42 Å². The van der Waals surface area contributed by atoms with Crippen LogP contribution in [0.3, 0.4) is 0 Å². The maximum Gasteiger partial charge on any atom is 0.139 e. The van der Waals surface area contributed by atoms with Crippen molar-refractivity contribution in [3.63, 3.8) is 0 Å². The molecule has 5 aromatic rings. The van der Waals surface area contributed by atoms with Crippen molar-refractivity contribution in [2.75, 3.05) is 0 Å². The summed E-state index contributed by atoms with van der Waals surface area (Å²) >= 11 is 0. The first-order chi connectivity index (χ1) is 16.9. The molecule has 0 saturated heterocycles. The van der Waals surface area contributed by atoms with Crippen LogP contribution in [0.4, 0.5) is 0 Å². The minimum atomic E-state index is -0.234. The van der Waals surface area contributed by atoms with E-state index in [0.717, 1.165) is 29.7 Å². The Morgan fingerprint density at radius 2 is 1.36 bits per heavy atom. The van der Waals surface area contributed by atoms with E-state index in [4.69, 9.17) is 9.40 Å². The van der Waals surface area contributed by atoms with E-state index >= 15 is 0 Å². The van der Waals surface area contributed by atoms with Crippen LogP contribution in [0.1, 0.15) is 77.6 Å². The normalized spacial score (nSPS) is 15.1. The van der Waals surface area contributed by atoms with Crippen molar-refractivity contribution < 1.29 is 4.42 Å². The van der Waals surface area contributed by atoms with E-state index in [0.29, 0.717) is 0 Å². The summed E-state index contributed by atoms with van der Waals surface area (Å²) in [6.07, 6.45) is 3.98. The molecular formula is C34H37NO. The van der Waals surface area contributed by atoms with Gasteiger partial charge in [-0.15, -0.1) is 0 Å². The van der Waals surface area contributed by atoms with Crippen molar-refractivity contribution in [2.45, 2.75) is 73.6 Å². The Labute approximate surface area is 214 Å². The third kappa shape index (κ3) is 3.49. The Hall–Kier alpha value is -3.13. The standard InChI is InChI=1S/C34H37NO/c1-32(2,3)17-20-13-15-24-26-27-25(16-14-21(18-33(4,5)6)31(27)36-30(20)26)34(7,8)28-23-12-10-9-11-22(23)19-35-29(24)28/h9-16,19H,17-18H2,1-8H3. The summed E-state index contributed by atoms with van der Waals surface area (Å²) in [4.78, 5) is 5.12. The van der Waals surface area contributed by atoms with Crippen LogP contribution >= 0.6 is 0 Å². The molecule has 2 heteroatoms. The van der Waals surface area contributed by atoms with Gasteiger partial charge in [-0.2, -0.15) is 0 Å². The van der Waals surface area contributed by atoms with E-state index in [9.17, 15) is 0 Å². The lowest BCUT2D eigenvalue weighted by Crippen LogP contribution is -2.21. The average molecular weight is 476 g/mol. The van der Waals surface area contributed by atoms with Gasteiger partial charge >= 0.3 is 0 Å². The van der Waals surface area contributed by atoms with Gasteiger partial charge in [0.1, 0.15) is 11.2 Å². The fraction of sp³-hybridized carbons (Fsp3) is 0.382. The first-order valence-corrected chi connectivity index (χ1v) is 13.2. The summed E-state index contributed by atoms with van der Waals surface area (Å²) in [5, 5.41) is 5.00. The Morgan fingerprint density at radius 3 is 2.03 bits per heavy atom. The maximum atomic E-state index is 6.93. The molecule has 0 aliphatic heterocycles. The lowest BCUT2D eigenvalue weighted by Gasteiger charge is -2.29. The second-order valence-corrected chi connectivity index (χ2v) is 13.7. The Morgan fingerprint density at radius 1 is 0.750 bits per heavy atom. The third-order valence-corrected chi connectivity index (χ3v) is 7.73. The minimum absolute atomic E-state index is 0.163. The van der Waals surface area contributed by atoms with Gasteiger partial charge in [0.05, 0.1) is 5.69 Å². The van der Waals surface area contributed by atoms with Crippen LogP contribution < -0.4 is 0 Å². The third-order valence-electron chi connectivity index (χ3n) is 7.73. The molecule has 0 unspecified atom stereocenters. The molecule has 3 aromatic carbocycles. The van der Waals surface area contributed by atoms with Crippen molar-refractivity contribution in [1.29, 1.82) is 0 Å². The van der Waals surface area contributed by atoms with Crippen LogP contribution in [0.25, 0.3) is 44.0 Å².